The molecule has 0 unspecified atom stereocenters. The molecule has 0 aliphatic carbocycles. The second-order valence-electron chi connectivity index (χ2n) is 5.64. The molecule has 1 aromatic carbocycles. The van der Waals surface area contributed by atoms with Crippen molar-refractivity contribution in [1.29, 1.82) is 0 Å². The zero-order chi connectivity index (χ0) is 14.4. The van der Waals surface area contributed by atoms with Crippen molar-refractivity contribution < 1.29 is 9.13 Å². The minimum absolute atomic E-state index is 0.168. The number of nitrogens with zero attached hydrogens (tertiary/aromatic N) is 2. The lowest BCUT2D eigenvalue weighted by Gasteiger charge is -2.32. The molecule has 0 spiro atoms. The summed E-state index contributed by atoms with van der Waals surface area (Å²) in [7, 11) is 0. The first-order valence-corrected chi connectivity index (χ1v) is 7.44. The molecule has 0 radical (unpaired) electrons. The first-order chi connectivity index (χ1) is 9.65. The van der Waals surface area contributed by atoms with Gasteiger partial charge in [-0.2, -0.15) is 0 Å². The molecular weight excluding hydrogens is 255 g/mol. The Morgan fingerprint density at radius 1 is 1.20 bits per heavy atom. The Balaban J connectivity index is 1.84. The lowest BCUT2D eigenvalue weighted by Crippen LogP contribution is -2.42. The summed E-state index contributed by atoms with van der Waals surface area (Å²) in [5.74, 6) is -0.168. The normalized spacial score (nSPS) is 17.1. The predicted molar refractivity (Wildman–Crippen MR) is 79.2 cm³/mol. The van der Waals surface area contributed by atoms with Crippen LogP contribution < -0.4 is 0 Å². The smallest absolute Gasteiger partial charge is 0.123 e. The van der Waals surface area contributed by atoms with Crippen molar-refractivity contribution in [2.45, 2.75) is 26.4 Å². The van der Waals surface area contributed by atoms with Crippen molar-refractivity contribution in [2.24, 2.45) is 0 Å². The number of ether oxygens (including phenoxy) is 1. The fraction of sp³-hybridized carbons (Fsp3) is 0.625. The van der Waals surface area contributed by atoms with Crippen molar-refractivity contribution in [1.82, 2.24) is 9.80 Å². The number of hydrogen-bond donors (Lipinski definition) is 0. The summed E-state index contributed by atoms with van der Waals surface area (Å²) in [6.07, 6.45) is 0. The van der Waals surface area contributed by atoms with Gasteiger partial charge < -0.3 is 4.74 Å². The zero-order valence-corrected chi connectivity index (χ0v) is 12.5. The monoisotopic (exact) mass is 280 g/mol. The Labute approximate surface area is 121 Å². The van der Waals surface area contributed by atoms with Crippen LogP contribution in [0.25, 0.3) is 0 Å². The van der Waals surface area contributed by atoms with E-state index in [-0.39, 0.29) is 5.82 Å². The molecule has 1 fully saturated rings. The summed E-state index contributed by atoms with van der Waals surface area (Å²) < 4.78 is 18.3. The van der Waals surface area contributed by atoms with Crippen molar-refractivity contribution >= 4 is 0 Å². The van der Waals surface area contributed by atoms with E-state index in [1.165, 1.54) is 17.7 Å². The van der Waals surface area contributed by atoms with Crippen LogP contribution in [0.5, 0.6) is 0 Å². The highest BCUT2D eigenvalue weighted by molar-refractivity contribution is 5.15. The molecule has 0 amide bonds. The molecule has 20 heavy (non-hydrogen) atoms. The van der Waals surface area contributed by atoms with Gasteiger partial charge in [0, 0.05) is 38.8 Å². The molecule has 4 heteroatoms. The Bertz CT molecular complexity index is 388. The van der Waals surface area contributed by atoms with Gasteiger partial charge in [-0.25, -0.2) is 4.39 Å². The fourth-order valence-electron chi connectivity index (χ4n) is 2.44. The summed E-state index contributed by atoms with van der Waals surface area (Å²) in [4.78, 5) is 4.88. The van der Waals surface area contributed by atoms with E-state index in [2.05, 4.69) is 23.6 Å². The highest BCUT2D eigenvalue weighted by atomic mass is 19.1. The maximum atomic E-state index is 12.9. The van der Waals surface area contributed by atoms with Crippen LogP contribution in [0.4, 0.5) is 4.39 Å². The van der Waals surface area contributed by atoms with E-state index < -0.39 is 0 Å². The van der Waals surface area contributed by atoms with Gasteiger partial charge in [0.05, 0.1) is 13.2 Å². The van der Waals surface area contributed by atoms with E-state index in [9.17, 15) is 4.39 Å². The molecule has 1 aromatic rings. The lowest BCUT2D eigenvalue weighted by molar-refractivity contribution is 0.0311. The predicted octanol–water partition coefficient (Wildman–Crippen LogP) is 2.37. The van der Waals surface area contributed by atoms with Gasteiger partial charge >= 0.3 is 0 Å². The number of halogens is 1. The molecule has 1 heterocycles. The second-order valence-corrected chi connectivity index (χ2v) is 5.64. The van der Waals surface area contributed by atoms with E-state index >= 15 is 0 Å². The van der Waals surface area contributed by atoms with Gasteiger partial charge in [0.1, 0.15) is 5.82 Å². The van der Waals surface area contributed by atoms with Gasteiger partial charge in [0.15, 0.2) is 0 Å². The molecule has 1 aliphatic rings. The summed E-state index contributed by atoms with van der Waals surface area (Å²) in [6, 6.07) is 7.31. The fourth-order valence-corrected chi connectivity index (χ4v) is 2.44. The molecule has 2 rings (SSSR count). The van der Waals surface area contributed by atoms with Crippen LogP contribution in [0.2, 0.25) is 0 Å². The second kappa shape index (κ2) is 7.72. The van der Waals surface area contributed by atoms with Crippen LogP contribution in [0.15, 0.2) is 24.3 Å². The molecule has 1 saturated heterocycles. The summed E-state index contributed by atoms with van der Waals surface area (Å²) >= 11 is 0. The molecule has 0 aromatic heterocycles. The third-order valence-electron chi connectivity index (χ3n) is 3.84. The summed E-state index contributed by atoms with van der Waals surface area (Å²) in [6.45, 7) is 11.2. The van der Waals surface area contributed by atoms with Crippen LogP contribution in [0, 0.1) is 5.82 Å². The van der Waals surface area contributed by atoms with E-state index in [1.54, 1.807) is 0 Å². The molecule has 0 bridgehead atoms. The topological polar surface area (TPSA) is 15.7 Å². The van der Waals surface area contributed by atoms with Crippen LogP contribution in [0.3, 0.4) is 0 Å². The van der Waals surface area contributed by atoms with Crippen molar-refractivity contribution in [3.05, 3.63) is 35.6 Å². The maximum Gasteiger partial charge on any atom is 0.123 e. The number of hydrogen-bond acceptors (Lipinski definition) is 3. The first-order valence-electron chi connectivity index (χ1n) is 7.44. The molecule has 0 N–H and O–H groups in total. The molecular formula is C16H25FN2O. The van der Waals surface area contributed by atoms with Gasteiger partial charge in [-0.3, -0.25) is 9.80 Å². The van der Waals surface area contributed by atoms with Crippen LogP contribution in [0.1, 0.15) is 19.4 Å². The van der Waals surface area contributed by atoms with Gasteiger partial charge in [-0.15, -0.1) is 0 Å². The quantitative estimate of drug-likeness (QED) is 0.795. The molecule has 0 atom stereocenters. The third kappa shape index (κ3) is 4.85. The lowest BCUT2D eigenvalue weighted by atomic mass is 10.2. The maximum absolute atomic E-state index is 12.9. The van der Waals surface area contributed by atoms with Crippen molar-refractivity contribution in [3.8, 4) is 0 Å². The van der Waals surface area contributed by atoms with Crippen LogP contribution >= 0.6 is 0 Å². The third-order valence-corrected chi connectivity index (χ3v) is 3.84. The molecule has 112 valence electrons. The summed E-state index contributed by atoms with van der Waals surface area (Å²) in [5.41, 5.74) is 1.17. The van der Waals surface area contributed by atoms with Gasteiger partial charge in [-0.1, -0.05) is 12.1 Å². The first kappa shape index (κ1) is 15.4. The number of rotatable bonds is 6. The zero-order valence-electron chi connectivity index (χ0n) is 12.5. The molecule has 1 aliphatic heterocycles. The highest BCUT2D eigenvalue weighted by Gasteiger charge is 2.14. The Morgan fingerprint density at radius 2 is 1.85 bits per heavy atom. The van der Waals surface area contributed by atoms with Gasteiger partial charge in [0.25, 0.3) is 0 Å². The number of benzene rings is 1. The van der Waals surface area contributed by atoms with E-state index in [0.717, 1.165) is 45.9 Å². The minimum Gasteiger partial charge on any atom is -0.379 e. The van der Waals surface area contributed by atoms with Crippen molar-refractivity contribution in [2.75, 3.05) is 39.4 Å². The minimum atomic E-state index is -0.168. The van der Waals surface area contributed by atoms with Crippen molar-refractivity contribution in [3.63, 3.8) is 0 Å². The summed E-state index contributed by atoms with van der Waals surface area (Å²) in [5, 5.41) is 0. The highest BCUT2D eigenvalue weighted by Crippen LogP contribution is 2.10. The van der Waals surface area contributed by atoms with E-state index in [1.807, 2.05) is 12.1 Å². The Kier molecular flexibility index (Phi) is 5.95. The van der Waals surface area contributed by atoms with Gasteiger partial charge in [0.2, 0.25) is 0 Å². The van der Waals surface area contributed by atoms with Gasteiger partial charge in [-0.05, 0) is 31.5 Å². The average Bonchev–Trinajstić information content (AvgIpc) is 2.46. The van der Waals surface area contributed by atoms with E-state index in [4.69, 9.17) is 4.74 Å². The van der Waals surface area contributed by atoms with Crippen LogP contribution in [-0.2, 0) is 11.3 Å². The van der Waals surface area contributed by atoms with Crippen LogP contribution in [-0.4, -0.2) is 55.2 Å². The van der Waals surface area contributed by atoms with E-state index in [0.29, 0.717) is 6.04 Å². The molecule has 0 saturated carbocycles. The molecule has 3 nitrogen and oxygen atoms in total. The largest absolute Gasteiger partial charge is 0.379 e. The standard InChI is InChI=1S/C16H25FN2O/c1-14(2)19(8-7-18-9-11-20-12-10-18)13-15-3-5-16(17)6-4-15/h3-6,14H,7-13H2,1-2H3. The Hall–Kier alpha value is -0.970. The number of morpholine rings is 1. The Morgan fingerprint density at radius 3 is 2.45 bits per heavy atom. The average molecular weight is 280 g/mol. The SMILES string of the molecule is CC(C)N(CCN1CCOCC1)Cc1ccc(F)cc1.